The lowest BCUT2D eigenvalue weighted by Crippen LogP contribution is -2.43. The first-order chi connectivity index (χ1) is 13.4. The van der Waals surface area contributed by atoms with Gasteiger partial charge in [0, 0.05) is 62.8 Å². The molecule has 0 saturated carbocycles. The first-order valence-corrected chi connectivity index (χ1v) is 10.2. The average Bonchev–Trinajstić information content (AvgIpc) is 3.17. The van der Waals surface area contributed by atoms with Crippen LogP contribution in [0.5, 0.6) is 5.75 Å². The summed E-state index contributed by atoms with van der Waals surface area (Å²) in [6.07, 6.45) is -2.63. The van der Waals surface area contributed by atoms with Crippen LogP contribution < -0.4 is 20.3 Å². The number of nitrogens with one attached hydrogen (secondary N) is 2. The van der Waals surface area contributed by atoms with Crippen molar-refractivity contribution in [3.05, 3.63) is 17.7 Å². The van der Waals surface area contributed by atoms with E-state index in [0.29, 0.717) is 5.75 Å². The third kappa shape index (κ3) is 6.17. The molecule has 0 bridgehead atoms. The SMILES string of the molecule is Cc1c(NCCN2CCCC2)cc(OCCC(F)(F)F)cc1N1CCNCC1. The van der Waals surface area contributed by atoms with Crippen LogP contribution in [0.4, 0.5) is 24.5 Å². The van der Waals surface area contributed by atoms with Crippen LogP contribution in [-0.4, -0.2) is 70.0 Å². The van der Waals surface area contributed by atoms with Crippen molar-refractivity contribution >= 4 is 11.4 Å². The van der Waals surface area contributed by atoms with Crippen molar-refractivity contribution in [2.45, 2.75) is 32.4 Å². The molecule has 0 aliphatic carbocycles. The molecule has 0 amide bonds. The van der Waals surface area contributed by atoms with E-state index in [1.54, 1.807) is 0 Å². The Morgan fingerprint density at radius 1 is 1.11 bits per heavy atom. The van der Waals surface area contributed by atoms with Crippen LogP contribution in [0, 0.1) is 6.92 Å². The van der Waals surface area contributed by atoms with Gasteiger partial charge in [-0.15, -0.1) is 0 Å². The molecule has 5 nitrogen and oxygen atoms in total. The van der Waals surface area contributed by atoms with Gasteiger partial charge in [0.2, 0.25) is 0 Å². The number of rotatable bonds is 8. The van der Waals surface area contributed by atoms with Crippen LogP contribution in [0.15, 0.2) is 12.1 Å². The first kappa shape index (κ1) is 21.0. The van der Waals surface area contributed by atoms with E-state index in [1.807, 2.05) is 12.1 Å². The van der Waals surface area contributed by atoms with Crippen LogP contribution >= 0.6 is 0 Å². The van der Waals surface area contributed by atoms with E-state index in [9.17, 15) is 13.2 Å². The van der Waals surface area contributed by atoms with Gasteiger partial charge >= 0.3 is 6.18 Å². The van der Waals surface area contributed by atoms with Crippen molar-refractivity contribution in [3.63, 3.8) is 0 Å². The lowest BCUT2D eigenvalue weighted by Gasteiger charge is -2.32. The van der Waals surface area contributed by atoms with E-state index < -0.39 is 12.6 Å². The lowest BCUT2D eigenvalue weighted by molar-refractivity contribution is -0.139. The Kier molecular flexibility index (Phi) is 7.29. The topological polar surface area (TPSA) is 39.8 Å². The number of hydrogen-bond donors (Lipinski definition) is 2. The van der Waals surface area contributed by atoms with Gasteiger partial charge in [0.1, 0.15) is 5.75 Å². The molecule has 0 radical (unpaired) electrons. The van der Waals surface area contributed by atoms with Gasteiger partial charge in [-0.05, 0) is 38.4 Å². The number of ether oxygens (including phenoxy) is 1. The van der Waals surface area contributed by atoms with E-state index in [4.69, 9.17) is 4.74 Å². The summed E-state index contributed by atoms with van der Waals surface area (Å²) in [4.78, 5) is 4.71. The van der Waals surface area contributed by atoms with Gasteiger partial charge in [-0.25, -0.2) is 0 Å². The highest BCUT2D eigenvalue weighted by Crippen LogP contribution is 2.33. The Morgan fingerprint density at radius 3 is 2.50 bits per heavy atom. The van der Waals surface area contributed by atoms with Gasteiger partial charge in [0.15, 0.2) is 0 Å². The number of nitrogens with zero attached hydrogens (tertiary/aromatic N) is 2. The van der Waals surface area contributed by atoms with Crippen molar-refractivity contribution in [2.75, 3.05) is 69.2 Å². The summed E-state index contributed by atoms with van der Waals surface area (Å²) in [5, 5.41) is 6.81. The normalized spacial score (nSPS) is 18.5. The van der Waals surface area contributed by atoms with Crippen molar-refractivity contribution in [1.29, 1.82) is 0 Å². The minimum atomic E-state index is -4.21. The van der Waals surface area contributed by atoms with Crippen molar-refractivity contribution in [2.24, 2.45) is 0 Å². The highest BCUT2D eigenvalue weighted by Gasteiger charge is 2.27. The quantitative estimate of drug-likeness (QED) is 0.701. The fraction of sp³-hybridized carbons (Fsp3) is 0.700. The van der Waals surface area contributed by atoms with E-state index in [1.165, 1.54) is 12.8 Å². The third-order valence-corrected chi connectivity index (χ3v) is 5.41. The number of alkyl halides is 3. The fourth-order valence-corrected chi connectivity index (χ4v) is 3.81. The Balaban J connectivity index is 1.70. The molecule has 0 atom stereocenters. The minimum Gasteiger partial charge on any atom is -0.493 e. The van der Waals surface area contributed by atoms with E-state index in [-0.39, 0.29) is 6.61 Å². The zero-order chi connectivity index (χ0) is 20.0. The van der Waals surface area contributed by atoms with E-state index in [0.717, 1.165) is 69.3 Å². The molecule has 1 aromatic carbocycles. The molecule has 8 heteroatoms. The molecular formula is C20H31F3N4O. The molecule has 3 rings (SSSR count). The van der Waals surface area contributed by atoms with Gasteiger partial charge < -0.3 is 25.2 Å². The number of hydrogen-bond acceptors (Lipinski definition) is 5. The maximum atomic E-state index is 12.5. The molecule has 0 unspecified atom stereocenters. The summed E-state index contributed by atoms with van der Waals surface area (Å²) < 4.78 is 42.9. The summed E-state index contributed by atoms with van der Waals surface area (Å²) in [5.41, 5.74) is 3.10. The average molecular weight is 400 g/mol. The molecule has 2 heterocycles. The summed E-state index contributed by atoms with van der Waals surface area (Å²) in [7, 11) is 0. The van der Waals surface area contributed by atoms with Crippen LogP contribution in [0.2, 0.25) is 0 Å². The van der Waals surface area contributed by atoms with Gasteiger partial charge in [-0.1, -0.05) is 0 Å². The zero-order valence-corrected chi connectivity index (χ0v) is 16.6. The van der Waals surface area contributed by atoms with Crippen LogP contribution in [-0.2, 0) is 0 Å². The van der Waals surface area contributed by atoms with E-state index in [2.05, 4.69) is 27.4 Å². The van der Waals surface area contributed by atoms with Crippen LogP contribution in [0.1, 0.15) is 24.8 Å². The smallest absolute Gasteiger partial charge is 0.392 e. The standard InChI is InChI=1S/C20H31F3N4O/c1-16-18(25-7-10-26-8-2-3-9-26)14-17(28-13-4-20(21,22)23)15-19(16)27-11-5-24-6-12-27/h14-15,24-25H,2-13H2,1H3. The van der Waals surface area contributed by atoms with Gasteiger partial charge in [-0.3, -0.25) is 0 Å². The summed E-state index contributed by atoms with van der Waals surface area (Å²) >= 11 is 0. The minimum absolute atomic E-state index is 0.360. The van der Waals surface area contributed by atoms with Crippen molar-refractivity contribution in [1.82, 2.24) is 10.2 Å². The predicted molar refractivity (Wildman–Crippen MR) is 107 cm³/mol. The molecule has 158 valence electrons. The summed E-state index contributed by atoms with van der Waals surface area (Å²) in [5.74, 6) is 0.493. The Bertz CT molecular complexity index is 627. The summed E-state index contributed by atoms with van der Waals surface area (Å²) in [6, 6.07) is 3.71. The first-order valence-electron chi connectivity index (χ1n) is 10.2. The van der Waals surface area contributed by atoms with Gasteiger partial charge in [0.05, 0.1) is 13.0 Å². The predicted octanol–water partition coefficient (Wildman–Crippen LogP) is 3.24. The Labute approximate surface area is 165 Å². The molecule has 2 aliphatic heterocycles. The number of piperazine rings is 1. The third-order valence-electron chi connectivity index (χ3n) is 5.41. The maximum absolute atomic E-state index is 12.5. The lowest BCUT2D eigenvalue weighted by atomic mass is 10.1. The molecule has 2 aliphatic rings. The highest BCUT2D eigenvalue weighted by atomic mass is 19.4. The largest absolute Gasteiger partial charge is 0.493 e. The molecule has 0 spiro atoms. The second-order valence-corrected chi connectivity index (χ2v) is 7.54. The number of benzene rings is 1. The molecule has 2 N–H and O–H groups in total. The zero-order valence-electron chi connectivity index (χ0n) is 16.6. The van der Waals surface area contributed by atoms with Gasteiger partial charge in [0.25, 0.3) is 0 Å². The molecule has 1 aromatic rings. The maximum Gasteiger partial charge on any atom is 0.392 e. The molecule has 2 fully saturated rings. The number of likely N-dealkylation sites (tertiary alicyclic amines) is 1. The molecule has 2 saturated heterocycles. The summed E-state index contributed by atoms with van der Waals surface area (Å²) in [6.45, 7) is 9.33. The number of halogens is 3. The molecule has 28 heavy (non-hydrogen) atoms. The fourth-order valence-electron chi connectivity index (χ4n) is 3.81. The monoisotopic (exact) mass is 400 g/mol. The second-order valence-electron chi connectivity index (χ2n) is 7.54. The van der Waals surface area contributed by atoms with Crippen LogP contribution in [0.25, 0.3) is 0 Å². The second kappa shape index (κ2) is 9.69. The van der Waals surface area contributed by atoms with E-state index >= 15 is 0 Å². The highest BCUT2D eigenvalue weighted by molar-refractivity contribution is 5.69. The van der Waals surface area contributed by atoms with Crippen LogP contribution in [0.3, 0.4) is 0 Å². The number of anilines is 2. The Morgan fingerprint density at radius 2 is 1.82 bits per heavy atom. The molecular weight excluding hydrogens is 369 g/mol. The van der Waals surface area contributed by atoms with Crippen molar-refractivity contribution in [3.8, 4) is 5.75 Å². The molecule has 0 aromatic heterocycles. The van der Waals surface area contributed by atoms with Gasteiger partial charge in [-0.2, -0.15) is 13.2 Å². The Hall–Kier alpha value is -1.67. The van der Waals surface area contributed by atoms with Crippen molar-refractivity contribution < 1.29 is 17.9 Å².